The number of hydrogen-bond acceptors (Lipinski definition) is 0. The highest BCUT2D eigenvalue weighted by molar-refractivity contribution is 5.67. The van der Waals surface area contributed by atoms with E-state index in [0.29, 0.717) is 0 Å². The van der Waals surface area contributed by atoms with Crippen LogP contribution in [0.2, 0.25) is 0 Å². The zero-order valence-electron chi connectivity index (χ0n) is 14.5. The number of rotatable bonds is 1. The Labute approximate surface area is 130 Å². The summed E-state index contributed by atoms with van der Waals surface area (Å²) < 4.78 is 0. The van der Waals surface area contributed by atoms with Crippen LogP contribution < -0.4 is 0 Å². The summed E-state index contributed by atoms with van der Waals surface area (Å²) in [6.45, 7) is 16.1. The van der Waals surface area contributed by atoms with Gasteiger partial charge in [-0.25, -0.2) is 0 Å². The fraction of sp³-hybridized carbons (Fsp3) is 0.429. The van der Waals surface area contributed by atoms with Crippen molar-refractivity contribution in [3.63, 3.8) is 0 Å². The molecule has 0 spiro atoms. The van der Waals surface area contributed by atoms with Crippen LogP contribution in [0.1, 0.15) is 58.2 Å². The van der Waals surface area contributed by atoms with Gasteiger partial charge in [-0.15, -0.1) is 0 Å². The molecule has 0 fully saturated rings. The maximum Gasteiger partial charge on any atom is -0.0129 e. The van der Waals surface area contributed by atoms with Gasteiger partial charge >= 0.3 is 0 Å². The van der Waals surface area contributed by atoms with Crippen molar-refractivity contribution in [1.82, 2.24) is 0 Å². The topological polar surface area (TPSA) is 0 Å². The fourth-order valence-electron chi connectivity index (χ4n) is 3.07. The lowest BCUT2D eigenvalue weighted by molar-refractivity contribution is 0.561. The number of hydrogen-bond donors (Lipinski definition) is 0. The highest BCUT2D eigenvalue weighted by Crippen LogP contribution is 2.37. The molecule has 0 heterocycles. The average Bonchev–Trinajstić information content (AvgIpc) is 2.37. The van der Waals surface area contributed by atoms with E-state index in [1.165, 1.54) is 27.8 Å². The zero-order chi connectivity index (χ0) is 15.8. The third-order valence-corrected chi connectivity index (χ3v) is 4.13. The van der Waals surface area contributed by atoms with Crippen molar-refractivity contribution in [3.8, 4) is 11.1 Å². The summed E-state index contributed by atoms with van der Waals surface area (Å²) in [5, 5.41) is 0. The molecule has 0 unspecified atom stereocenters. The first-order valence-electron chi connectivity index (χ1n) is 7.82. The molecule has 0 N–H and O–H groups in total. The van der Waals surface area contributed by atoms with E-state index in [9.17, 15) is 0 Å². The van der Waals surface area contributed by atoms with Crippen LogP contribution in [0, 0.1) is 6.92 Å². The van der Waals surface area contributed by atoms with Gasteiger partial charge in [-0.1, -0.05) is 84.0 Å². The molecule has 2 rings (SSSR count). The first kappa shape index (κ1) is 15.8. The summed E-state index contributed by atoms with van der Waals surface area (Å²) in [6.07, 6.45) is 0. The lowest BCUT2D eigenvalue weighted by Crippen LogP contribution is -2.19. The van der Waals surface area contributed by atoms with E-state index in [-0.39, 0.29) is 10.8 Å². The van der Waals surface area contributed by atoms with Crippen LogP contribution in [0.25, 0.3) is 11.1 Å². The van der Waals surface area contributed by atoms with Crippen molar-refractivity contribution in [2.75, 3.05) is 0 Å². The second-order valence-electron chi connectivity index (χ2n) is 8.06. The summed E-state index contributed by atoms with van der Waals surface area (Å²) in [7, 11) is 0. The molecule has 2 aromatic rings. The Morgan fingerprint density at radius 1 is 0.619 bits per heavy atom. The van der Waals surface area contributed by atoms with Crippen LogP contribution in [0.4, 0.5) is 0 Å². The summed E-state index contributed by atoms with van der Waals surface area (Å²) in [4.78, 5) is 0. The Hall–Kier alpha value is -1.56. The van der Waals surface area contributed by atoms with Crippen LogP contribution in [0.5, 0.6) is 0 Å². The molecule has 0 radical (unpaired) electrons. The Bertz CT molecular complexity index is 584. The SMILES string of the molecule is Cc1c(C(C)(C)C)cc(-c2ccccc2)cc1C(C)(C)C. The molecule has 0 heteroatoms. The molecule has 0 aliphatic carbocycles. The summed E-state index contributed by atoms with van der Waals surface area (Å²) in [6, 6.07) is 15.4. The van der Waals surface area contributed by atoms with Gasteiger partial charge in [-0.05, 0) is 45.6 Å². The van der Waals surface area contributed by atoms with E-state index >= 15 is 0 Å². The van der Waals surface area contributed by atoms with E-state index in [1.54, 1.807) is 0 Å². The Morgan fingerprint density at radius 3 is 1.43 bits per heavy atom. The molecule has 21 heavy (non-hydrogen) atoms. The van der Waals surface area contributed by atoms with Crippen molar-refractivity contribution >= 4 is 0 Å². The van der Waals surface area contributed by atoms with Gasteiger partial charge in [0, 0.05) is 0 Å². The molecule has 0 nitrogen and oxygen atoms in total. The van der Waals surface area contributed by atoms with E-state index < -0.39 is 0 Å². The van der Waals surface area contributed by atoms with E-state index in [0.717, 1.165) is 0 Å². The average molecular weight is 280 g/mol. The standard InChI is InChI=1S/C21H28/c1-15-18(20(2,3)4)13-17(14-19(15)21(5,6)7)16-11-9-8-10-12-16/h8-14H,1-7H3. The van der Waals surface area contributed by atoms with Gasteiger partial charge in [-0.2, -0.15) is 0 Å². The predicted octanol–water partition coefficient (Wildman–Crippen LogP) is 6.26. The normalized spacial score (nSPS) is 12.5. The van der Waals surface area contributed by atoms with Gasteiger partial charge in [0.05, 0.1) is 0 Å². The highest BCUT2D eigenvalue weighted by Gasteiger charge is 2.24. The van der Waals surface area contributed by atoms with Crippen molar-refractivity contribution in [3.05, 3.63) is 59.2 Å². The summed E-state index contributed by atoms with van der Waals surface area (Å²) in [5.41, 5.74) is 7.30. The second kappa shape index (κ2) is 5.33. The fourth-order valence-corrected chi connectivity index (χ4v) is 3.07. The van der Waals surface area contributed by atoms with Gasteiger partial charge in [0.2, 0.25) is 0 Å². The molecule has 0 bridgehead atoms. The molecule has 0 saturated carbocycles. The molecule has 0 aromatic heterocycles. The predicted molar refractivity (Wildman–Crippen MR) is 94.0 cm³/mol. The second-order valence-corrected chi connectivity index (χ2v) is 8.06. The van der Waals surface area contributed by atoms with Gasteiger partial charge in [0.25, 0.3) is 0 Å². The largest absolute Gasteiger partial charge is 0.0622 e. The summed E-state index contributed by atoms with van der Waals surface area (Å²) >= 11 is 0. The minimum Gasteiger partial charge on any atom is -0.0622 e. The van der Waals surface area contributed by atoms with Gasteiger partial charge in [0.1, 0.15) is 0 Å². The van der Waals surface area contributed by atoms with E-state index in [1.807, 2.05) is 0 Å². The van der Waals surface area contributed by atoms with Crippen LogP contribution in [0.15, 0.2) is 42.5 Å². The minimum atomic E-state index is 0.162. The van der Waals surface area contributed by atoms with Crippen molar-refractivity contribution < 1.29 is 0 Å². The van der Waals surface area contributed by atoms with Crippen molar-refractivity contribution in [1.29, 1.82) is 0 Å². The molecular weight excluding hydrogens is 252 g/mol. The first-order valence-corrected chi connectivity index (χ1v) is 7.82. The lowest BCUT2D eigenvalue weighted by Gasteiger charge is -2.30. The van der Waals surface area contributed by atoms with E-state index in [4.69, 9.17) is 0 Å². The number of benzene rings is 2. The molecule has 112 valence electrons. The van der Waals surface area contributed by atoms with Crippen LogP contribution >= 0.6 is 0 Å². The maximum absolute atomic E-state index is 2.37. The van der Waals surface area contributed by atoms with Crippen molar-refractivity contribution in [2.45, 2.75) is 59.3 Å². The molecule has 0 aliphatic heterocycles. The zero-order valence-corrected chi connectivity index (χ0v) is 14.5. The highest BCUT2D eigenvalue weighted by atomic mass is 14.3. The first-order chi connectivity index (χ1) is 9.60. The van der Waals surface area contributed by atoms with Gasteiger partial charge < -0.3 is 0 Å². The van der Waals surface area contributed by atoms with E-state index in [2.05, 4.69) is 90.9 Å². The van der Waals surface area contributed by atoms with Gasteiger partial charge in [0.15, 0.2) is 0 Å². The molecule has 0 atom stereocenters. The van der Waals surface area contributed by atoms with Crippen LogP contribution in [0.3, 0.4) is 0 Å². The minimum absolute atomic E-state index is 0.162. The Kier molecular flexibility index (Phi) is 4.02. The Balaban J connectivity index is 2.75. The molecule has 0 saturated heterocycles. The third kappa shape index (κ3) is 3.37. The van der Waals surface area contributed by atoms with Crippen LogP contribution in [-0.2, 0) is 10.8 Å². The molecule has 0 aliphatic rings. The monoisotopic (exact) mass is 280 g/mol. The lowest BCUT2D eigenvalue weighted by atomic mass is 9.75. The maximum atomic E-state index is 2.37. The summed E-state index contributed by atoms with van der Waals surface area (Å²) in [5.74, 6) is 0. The quantitative estimate of drug-likeness (QED) is 0.578. The molecule has 0 amide bonds. The Morgan fingerprint density at radius 2 is 1.05 bits per heavy atom. The molecule has 2 aromatic carbocycles. The smallest absolute Gasteiger partial charge is 0.0129 e. The van der Waals surface area contributed by atoms with Crippen LogP contribution in [-0.4, -0.2) is 0 Å². The van der Waals surface area contributed by atoms with Crippen molar-refractivity contribution in [2.24, 2.45) is 0 Å². The van der Waals surface area contributed by atoms with Gasteiger partial charge in [-0.3, -0.25) is 0 Å². The third-order valence-electron chi connectivity index (χ3n) is 4.13. The molecular formula is C21H28.